The number of methoxy groups -OCH3 is 1. The van der Waals surface area contributed by atoms with Crippen LogP contribution in [0.25, 0.3) is 17.1 Å². The number of halogens is 1. The number of carbonyl (C=O) groups excluding carboxylic acids is 1. The minimum absolute atomic E-state index is 0.0105. The van der Waals surface area contributed by atoms with Crippen molar-refractivity contribution < 1.29 is 9.53 Å². The summed E-state index contributed by atoms with van der Waals surface area (Å²) in [5.74, 6) is -0.00970. The molecule has 0 saturated carbocycles. The van der Waals surface area contributed by atoms with E-state index in [9.17, 15) is 4.79 Å². The van der Waals surface area contributed by atoms with Gasteiger partial charge in [0.2, 0.25) is 0 Å². The Morgan fingerprint density at radius 1 is 1.09 bits per heavy atom. The summed E-state index contributed by atoms with van der Waals surface area (Å²) in [6.45, 7) is 0. The van der Waals surface area contributed by atoms with Crippen LogP contribution < -0.4 is 0 Å². The van der Waals surface area contributed by atoms with E-state index in [1.807, 2.05) is 42.5 Å². The molecule has 0 aliphatic rings. The number of ether oxygens (including phenoxy) is 1. The first kappa shape index (κ1) is 14.3. The van der Waals surface area contributed by atoms with E-state index in [1.165, 1.54) is 7.11 Å². The van der Waals surface area contributed by atoms with E-state index in [0.29, 0.717) is 10.8 Å². The summed E-state index contributed by atoms with van der Waals surface area (Å²) in [5.41, 5.74) is 1.60. The monoisotopic (exact) mass is 313 g/mol. The smallest absolute Gasteiger partial charge is 0.377 e. The van der Waals surface area contributed by atoms with Gasteiger partial charge >= 0.3 is 5.97 Å². The lowest BCUT2D eigenvalue weighted by Crippen LogP contribution is -2.05. The second-order valence-electron chi connectivity index (χ2n) is 4.50. The van der Waals surface area contributed by atoms with Crippen LogP contribution in [0.3, 0.4) is 0 Å². The molecule has 1 aromatic heterocycles. The number of esters is 1. The van der Waals surface area contributed by atoms with Crippen LogP contribution in [0.15, 0.2) is 54.6 Å². The van der Waals surface area contributed by atoms with Crippen LogP contribution in [0.2, 0.25) is 5.02 Å². The van der Waals surface area contributed by atoms with E-state index in [0.717, 1.165) is 11.3 Å². The van der Waals surface area contributed by atoms with Gasteiger partial charge in [-0.05, 0) is 24.3 Å². The summed E-state index contributed by atoms with van der Waals surface area (Å²) in [7, 11) is 1.30. The molecule has 2 aromatic carbocycles. The summed E-state index contributed by atoms with van der Waals surface area (Å²) in [6.07, 6.45) is 0. The molecule has 0 radical (unpaired) electrons. The molecule has 0 atom stereocenters. The van der Waals surface area contributed by atoms with E-state index in [2.05, 4.69) is 10.1 Å². The summed E-state index contributed by atoms with van der Waals surface area (Å²) in [6, 6.07) is 16.6. The quantitative estimate of drug-likeness (QED) is 0.696. The number of hydrogen-bond donors (Lipinski definition) is 0. The molecule has 3 rings (SSSR count). The largest absolute Gasteiger partial charge is 0.463 e. The van der Waals surface area contributed by atoms with Crippen molar-refractivity contribution in [1.29, 1.82) is 0 Å². The fraction of sp³-hybridized carbons (Fsp3) is 0.0625. The Kier molecular flexibility index (Phi) is 3.89. The lowest BCUT2D eigenvalue weighted by atomic mass is 10.2. The van der Waals surface area contributed by atoms with Gasteiger partial charge in [-0.1, -0.05) is 41.9 Å². The Bertz CT molecular complexity index is 798. The van der Waals surface area contributed by atoms with E-state index in [1.54, 1.807) is 16.8 Å². The van der Waals surface area contributed by atoms with Crippen molar-refractivity contribution in [3.05, 3.63) is 65.4 Å². The molecule has 0 unspecified atom stereocenters. The molecule has 0 spiro atoms. The first-order valence-electron chi connectivity index (χ1n) is 6.56. The molecule has 0 saturated heterocycles. The van der Waals surface area contributed by atoms with Crippen molar-refractivity contribution in [1.82, 2.24) is 14.8 Å². The predicted octanol–water partition coefficient (Wildman–Crippen LogP) is 3.37. The maximum absolute atomic E-state index is 11.7. The van der Waals surface area contributed by atoms with Gasteiger partial charge in [0.05, 0.1) is 12.8 Å². The van der Waals surface area contributed by atoms with Crippen molar-refractivity contribution in [2.24, 2.45) is 0 Å². The Hall–Kier alpha value is -2.66. The average Bonchev–Trinajstić information content (AvgIpc) is 3.01. The molecule has 0 fully saturated rings. The van der Waals surface area contributed by atoms with Crippen LogP contribution in [0.4, 0.5) is 0 Å². The van der Waals surface area contributed by atoms with Crippen molar-refractivity contribution in [2.45, 2.75) is 0 Å². The van der Waals surface area contributed by atoms with Crippen molar-refractivity contribution in [3.63, 3.8) is 0 Å². The van der Waals surface area contributed by atoms with Gasteiger partial charge < -0.3 is 4.74 Å². The van der Waals surface area contributed by atoms with Crippen LogP contribution in [-0.2, 0) is 4.74 Å². The molecule has 1 heterocycles. The third kappa shape index (κ3) is 2.71. The molecular formula is C16H12ClN3O2. The number of aromatic nitrogens is 3. The van der Waals surface area contributed by atoms with E-state index >= 15 is 0 Å². The minimum Gasteiger partial charge on any atom is -0.463 e. The van der Waals surface area contributed by atoms with Gasteiger partial charge in [0.1, 0.15) is 0 Å². The van der Waals surface area contributed by atoms with Crippen LogP contribution in [0.5, 0.6) is 0 Å². The van der Waals surface area contributed by atoms with Crippen molar-refractivity contribution in [2.75, 3.05) is 7.11 Å². The summed E-state index contributed by atoms with van der Waals surface area (Å²) in [5, 5.41) is 4.87. The number of hydrogen-bond acceptors (Lipinski definition) is 4. The molecule has 5 nitrogen and oxygen atoms in total. The standard InChI is InChI=1S/C16H12ClN3O2/c1-22-16(21)14-18-15(11-5-3-2-4-6-11)20(19-14)13-9-7-12(17)8-10-13/h2-10H,1H3. The zero-order valence-electron chi connectivity index (χ0n) is 11.7. The van der Waals surface area contributed by atoms with Gasteiger partial charge in [0.25, 0.3) is 5.82 Å². The number of nitrogens with zero attached hydrogens (tertiary/aromatic N) is 3. The maximum atomic E-state index is 11.7. The van der Waals surface area contributed by atoms with Gasteiger partial charge in [0.15, 0.2) is 5.82 Å². The van der Waals surface area contributed by atoms with E-state index in [4.69, 9.17) is 16.3 Å². The molecule has 0 amide bonds. The van der Waals surface area contributed by atoms with E-state index in [-0.39, 0.29) is 5.82 Å². The molecule has 0 bridgehead atoms. The highest BCUT2D eigenvalue weighted by Crippen LogP contribution is 2.22. The topological polar surface area (TPSA) is 57.0 Å². The molecule has 3 aromatic rings. The summed E-state index contributed by atoms with van der Waals surface area (Å²) in [4.78, 5) is 16.0. The maximum Gasteiger partial charge on any atom is 0.377 e. The van der Waals surface area contributed by atoms with Crippen molar-refractivity contribution >= 4 is 17.6 Å². The van der Waals surface area contributed by atoms with Crippen LogP contribution in [-0.4, -0.2) is 27.8 Å². The van der Waals surface area contributed by atoms with Crippen molar-refractivity contribution in [3.8, 4) is 17.1 Å². The summed E-state index contributed by atoms with van der Waals surface area (Å²) < 4.78 is 6.29. The molecule has 0 aliphatic heterocycles. The first-order valence-corrected chi connectivity index (χ1v) is 6.93. The van der Waals surface area contributed by atoms with Crippen LogP contribution in [0.1, 0.15) is 10.6 Å². The Morgan fingerprint density at radius 2 is 1.77 bits per heavy atom. The third-order valence-electron chi connectivity index (χ3n) is 3.08. The van der Waals surface area contributed by atoms with Gasteiger partial charge in [-0.25, -0.2) is 14.5 Å². The Morgan fingerprint density at radius 3 is 2.41 bits per heavy atom. The Labute approximate surface area is 132 Å². The molecule has 22 heavy (non-hydrogen) atoms. The fourth-order valence-corrected chi connectivity index (χ4v) is 2.15. The summed E-state index contributed by atoms with van der Waals surface area (Å²) >= 11 is 5.91. The number of rotatable bonds is 3. The number of benzene rings is 2. The lowest BCUT2D eigenvalue weighted by Gasteiger charge is -2.05. The second-order valence-corrected chi connectivity index (χ2v) is 4.94. The highest BCUT2D eigenvalue weighted by molar-refractivity contribution is 6.30. The van der Waals surface area contributed by atoms with Gasteiger partial charge in [0, 0.05) is 10.6 Å². The van der Waals surface area contributed by atoms with Crippen LogP contribution in [0, 0.1) is 0 Å². The highest BCUT2D eigenvalue weighted by Gasteiger charge is 2.18. The van der Waals surface area contributed by atoms with Gasteiger partial charge in [-0.3, -0.25) is 0 Å². The molecule has 6 heteroatoms. The zero-order chi connectivity index (χ0) is 15.5. The number of carbonyl (C=O) groups is 1. The Balaban J connectivity index is 2.17. The molecule has 110 valence electrons. The van der Waals surface area contributed by atoms with E-state index < -0.39 is 5.97 Å². The fourth-order valence-electron chi connectivity index (χ4n) is 2.03. The third-order valence-corrected chi connectivity index (χ3v) is 3.33. The van der Waals surface area contributed by atoms with Crippen LogP contribution >= 0.6 is 11.6 Å². The highest BCUT2D eigenvalue weighted by atomic mass is 35.5. The molecular weight excluding hydrogens is 302 g/mol. The minimum atomic E-state index is -0.579. The average molecular weight is 314 g/mol. The lowest BCUT2D eigenvalue weighted by molar-refractivity contribution is 0.0587. The first-order chi connectivity index (χ1) is 10.7. The second kappa shape index (κ2) is 5.99. The zero-order valence-corrected chi connectivity index (χ0v) is 12.5. The van der Waals surface area contributed by atoms with Gasteiger partial charge in [-0.2, -0.15) is 0 Å². The normalized spacial score (nSPS) is 10.5. The molecule has 0 aliphatic carbocycles. The predicted molar refractivity (Wildman–Crippen MR) is 83.1 cm³/mol. The SMILES string of the molecule is COC(=O)c1nc(-c2ccccc2)n(-c2ccc(Cl)cc2)n1. The molecule has 0 N–H and O–H groups in total. The van der Waals surface area contributed by atoms with Gasteiger partial charge in [-0.15, -0.1) is 5.10 Å².